The van der Waals surface area contributed by atoms with Crippen LogP contribution in [0.4, 0.5) is 5.69 Å². The van der Waals surface area contributed by atoms with Crippen LogP contribution in [-0.2, 0) is 0 Å². The summed E-state index contributed by atoms with van der Waals surface area (Å²) in [6.45, 7) is 3.95. The molecule has 1 atom stereocenters. The third-order valence-electron chi connectivity index (χ3n) is 3.23. The number of halogens is 1. The molecular weight excluding hydrogens is 254 g/mol. The van der Waals surface area contributed by atoms with Crippen LogP contribution in [0, 0.1) is 0 Å². The number of nitrogens with zero attached hydrogens (tertiary/aromatic N) is 1. The molecule has 0 saturated heterocycles. The molecule has 0 amide bonds. The maximum Gasteiger partial charge on any atom is 0.0406 e. The third kappa shape index (κ3) is 3.18. The summed E-state index contributed by atoms with van der Waals surface area (Å²) < 4.78 is 0. The normalized spacial score (nSPS) is 11.9. The number of rotatable bonds is 4. The van der Waals surface area contributed by atoms with Gasteiger partial charge in [-0.1, -0.05) is 41.9 Å². The Morgan fingerprint density at radius 1 is 0.947 bits per heavy atom. The second-order valence-corrected chi connectivity index (χ2v) is 5.19. The van der Waals surface area contributed by atoms with Crippen LogP contribution < -0.4 is 4.90 Å². The van der Waals surface area contributed by atoms with Crippen molar-refractivity contribution in [1.29, 1.82) is 0 Å². The van der Waals surface area contributed by atoms with Crippen molar-refractivity contribution in [3.8, 4) is 0 Å². The molecule has 0 heterocycles. The van der Waals surface area contributed by atoms with Gasteiger partial charge < -0.3 is 4.90 Å². The fourth-order valence-electron chi connectivity index (χ4n) is 2.11. The van der Waals surface area contributed by atoms with Gasteiger partial charge in [0.2, 0.25) is 0 Å². The van der Waals surface area contributed by atoms with Crippen LogP contribution in [-0.4, -0.2) is 14.1 Å². The predicted octanol–water partition coefficient (Wildman–Crippen LogP) is 4.72. The van der Waals surface area contributed by atoms with Gasteiger partial charge in [-0.25, -0.2) is 0 Å². The first-order chi connectivity index (χ1) is 9.11. The molecule has 2 aromatic carbocycles. The zero-order valence-electron chi connectivity index (χ0n) is 11.3. The van der Waals surface area contributed by atoms with Gasteiger partial charge in [-0.05, 0) is 35.4 Å². The monoisotopic (exact) mass is 271 g/mol. The van der Waals surface area contributed by atoms with Crippen molar-refractivity contribution in [3.63, 3.8) is 0 Å². The van der Waals surface area contributed by atoms with E-state index < -0.39 is 0 Å². The van der Waals surface area contributed by atoms with E-state index in [0.29, 0.717) is 0 Å². The fourth-order valence-corrected chi connectivity index (χ4v) is 2.24. The molecule has 0 fully saturated rings. The molecule has 0 spiro atoms. The van der Waals surface area contributed by atoms with Crippen molar-refractivity contribution in [2.75, 3.05) is 19.0 Å². The van der Waals surface area contributed by atoms with Crippen molar-refractivity contribution >= 4 is 17.3 Å². The SMILES string of the molecule is C=C[C@@H](c1ccc(Cl)cc1)c1ccc(N(C)C)cc1. The molecule has 19 heavy (non-hydrogen) atoms. The summed E-state index contributed by atoms with van der Waals surface area (Å²) in [7, 11) is 4.08. The topological polar surface area (TPSA) is 3.24 Å². The summed E-state index contributed by atoms with van der Waals surface area (Å²) in [5.74, 6) is 0.202. The molecule has 0 aliphatic carbocycles. The molecule has 0 radical (unpaired) electrons. The molecule has 0 unspecified atom stereocenters. The van der Waals surface area contributed by atoms with Gasteiger partial charge in [-0.3, -0.25) is 0 Å². The van der Waals surface area contributed by atoms with Crippen LogP contribution in [0.2, 0.25) is 5.02 Å². The number of hydrogen-bond acceptors (Lipinski definition) is 1. The first-order valence-electron chi connectivity index (χ1n) is 6.27. The van der Waals surface area contributed by atoms with E-state index in [2.05, 4.69) is 47.9 Å². The number of benzene rings is 2. The van der Waals surface area contributed by atoms with Gasteiger partial charge in [0, 0.05) is 30.7 Å². The van der Waals surface area contributed by atoms with E-state index in [1.807, 2.05) is 32.3 Å². The molecule has 2 rings (SSSR count). The molecule has 98 valence electrons. The minimum absolute atomic E-state index is 0.202. The van der Waals surface area contributed by atoms with Crippen molar-refractivity contribution in [1.82, 2.24) is 0 Å². The molecule has 0 aliphatic heterocycles. The quantitative estimate of drug-likeness (QED) is 0.727. The molecule has 0 N–H and O–H groups in total. The second-order valence-electron chi connectivity index (χ2n) is 4.75. The lowest BCUT2D eigenvalue weighted by Crippen LogP contribution is -2.08. The lowest BCUT2D eigenvalue weighted by molar-refractivity contribution is 1.02. The van der Waals surface area contributed by atoms with Crippen molar-refractivity contribution in [3.05, 3.63) is 77.3 Å². The van der Waals surface area contributed by atoms with E-state index in [1.54, 1.807) is 0 Å². The van der Waals surface area contributed by atoms with Crippen LogP contribution in [0.15, 0.2) is 61.2 Å². The predicted molar refractivity (Wildman–Crippen MR) is 84.3 cm³/mol. The highest BCUT2D eigenvalue weighted by Crippen LogP contribution is 2.28. The molecule has 0 bridgehead atoms. The Kier molecular flexibility index (Phi) is 4.28. The Morgan fingerprint density at radius 2 is 1.42 bits per heavy atom. The summed E-state index contributed by atoms with van der Waals surface area (Å²) >= 11 is 5.93. The van der Waals surface area contributed by atoms with E-state index in [9.17, 15) is 0 Å². The van der Waals surface area contributed by atoms with Crippen LogP contribution in [0.1, 0.15) is 17.0 Å². The molecule has 0 aliphatic rings. The average Bonchev–Trinajstić information content (AvgIpc) is 2.42. The molecule has 0 saturated carbocycles. The maximum atomic E-state index is 5.93. The molecule has 0 aromatic heterocycles. The number of allylic oxidation sites excluding steroid dienone is 1. The van der Waals surface area contributed by atoms with Gasteiger partial charge in [-0.2, -0.15) is 0 Å². The Balaban J connectivity index is 2.31. The summed E-state index contributed by atoms with van der Waals surface area (Å²) in [6.07, 6.45) is 1.97. The van der Waals surface area contributed by atoms with Gasteiger partial charge >= 0.3 is 0 Å². The van der Waals surface area contributed by atoms with Crippen LogP contribution >= 0.6 is 11.6 Å². The molecule has 2 heteroatoms. The third-order valence-corrected chi connectivity index (χ3v) is 3.49. The lowest BCUT2D eigenvalue weighted by atomic mass is 9.91. The first-order valence-corrected chi connectivity index (χ1v) is 6.65. The first kappa shape index (κ1) is 13.7. The highest BCUT2D eigenvalue weighted by molar-refractivity contribution is 6.30. The zero-order valence-corrected chi connectivity index (χ0v) is 12.1. The largest absolute Gasteiger partial charge is 0.378 e. The van der Waals surface area contributed by atoms with E-state index >= 15 is 0 Å². The van der Waals surface area contributed by atoms with Crippen molar-refractivity contribution in [2.45, 2.75) is 5.92 Å². The van der Waals surface area contributed by atoms with Crippen LogP contribution in [0.3, 0.4) is 0 Å². The van der Waals surface area contributed by atoms with E-state index in [-0.39, 0.29) is 5.92 Å². The fraction of sp³-hybridized carbons (Fsp3) is 0.176. The Bertz CT molecular complexity index is 540. The summed E-state index contributed by atoms with van der Waals surface area (Å²) in [5.41, 5.74) is 3.64. The Labute approximate surface area is 120 Å². The van der Waals surface area contributed by atoms with E-state index in [1.165, 1.54) is 16.8 Å². The molecular formula is C17H18ClN. The van der Waals surface area contributed by atoms with Crippen molar-refractivity contribution in [2.24, 2.45) is 0 Å². The Hall–Kier alpha value is -1.73. The summed E-state index contributed by atoms with van der Waals surface area (Å²) in [5, 5.41) is 0.759. The minimum Gasteiger partial charge on any atom is -0.378 e. The number of anilines is 1. The van der Waals surface area contributed by atoms with E-state index in [4.69, 9.17) is 11.6 Å². The van der Waals surface area contributed by atoms with Gasteiger partial charge in [0.15, 0.2) is 0 Å². The second kappa shape index (κ2) is 5.94. The molecule has 1 nitrogen and oxygen atoms in total. The maximum absolute atomic E-state index is 5.93. The standard InChI is InChI=1S/C17H18ClN/c1-4-17(13-5-9-15(18)10-6-13)14-7-11-16(12-8-14)19(2)3/h4-12,17H,1H2,2-3H3/t17-/m0/s1. The minimum atomic E-state index is 0.202. The highest BCUT2D eigenvalue weighted by atomic mass is 35.5. The van der Waals surface area contributed by atoms with Gasteiger partial charge in [-0.15, -0.1) is 6.58 Å². The zero-order chi connectivity index (χ0) is 13.8. The Morgan fingerprint density at radius 3 is 1.84 bits per heavy atom. The average molecular weight is 272 g/mol. The van der Waals surface area contributed by atoms with Crippen molar-refractivity contribution < 1.29 is 0 Å². The van der Waals surface area contributed by atoms with Gasteiger partial charge in [0.05, 0.1) is 0 Å². The summed E-state index contributed by atoms with van der Waals surface area (Å²) in [6, 6.07) is 16.5. The smallest absolute Gasteiger partial charge is 0.0406 e. The highest BCUT2D eigenvalue weighted by Gasteiger charge is 2.10. The van der Waals surface area contributed by atoms with Crippen LogP contribution in [0.5, 0.6) is 0 Å². The van der Waals surface area contributed by atoms with E-state index in [0.717, 1.165) is 5.02 Å². The lowest BCUT2D eigenvalue weighted by Gasteiger charge is -2.17. The van der Waals surface area contributed by atoms with Gasteiger partial charge in [0.25, 0.3) is 0 Å². The van der Waals surface area contributed by atoms with Gasteiger partial charge in [0.1, 0.15) is 0 Å². The number of hydrogen-bond donors (Lipinski definition) is 0. The van der Waals surface area contributed by atoms with Crippen LogP contribution in [0.25, 0.3) is 0 Å². The summed E-state index contributed by atoms with van der Waals surface area (Å²) in [4.78, 5) is 2.09. The molecule has 2 aromatic rings.